The topological polar surface area (TPSA) is 153 Å². The maximum atomic E-state index is 13.8. The fourth-order valence-corrected chi connectivity index (χ4v) is 7.70. The Hall–Kier alpha value is -3.74. The van der Waals surface area contributed by atoms with Gasteiger partial charge in [-0.3, -0.25) is 0 Å². The number of nitrogens with one attached hydrogen (secondary N) is 2. The number of ether oxygens (including phenoxy) is 1. The van der Waals surface area contributed by atoms with E-state index in [0.29, 0.717) is 16.8 Å². The molecule has 0 bridgehead atoms. The summed E-state index contributed by atoms with van der Waals surface area (Å²) in [7, 11) is -5.59. The van der Waals surface area contributed by atoms with Gasteiger partial charge < -0.3 is 9.15 Å². The van der Waals surface area contributed by atoms with E-state index in [1.54, 1.807) is 13.2 Å². The number of fused-ring (bicyclic) bond motifs is 1. The first-order chi connectivity index (χ1) is 20.9. The second-order valence-electron chi connectivity index (χ2n) is 9.50. The molecule has 0 radical (unpaired) electrons. The average Bonchev–Trinajstić information content (AvgIpc) is 3.59. The molecule has 17 heteroatoms. The predicted molar refractivity (Wildman–Crippen MR) is 156 cm³/mol. The van der Waals surface area contributed by atoms with Gasteiger partial charge in [-0.15, -0.1) is 21.5 Å². The van der Waals surface area contributed by atoms with Crippen molar-refractivity contribution in [3.63, 3.8) is 0 Å². The van der Waals surface area contributed by atoms with Gasteiger partial charge in [-0.2, -0.15) is 18.0 Å². The van der Waals surface area contributed by atoms with Crippen LogP contribution in [0.25, 0.3) is 21.3 Å². The number of sulfone groups is 1. The summed E-state index contributed by atoms with van der Waals surface area (Å²) in [5, 5.41) is 6.27. The second kappa shape index (κ2) is 13.1. The van der Waals surface area contributed by atoms with Crippen LogP contribution < -0.4 is 10.3 Å². The monoisotopic (exact) mass is 667 g/mol. The molecule has 1 atom stereocenters. The first-order valence-corrected chi connectivity index (χ1v) is 16.5. The van der Waals surface area contributed by atoms with Gasteiger partial charge in [-0.25, -0.2) is 27.2 Å². The van der Waals surface area contributed by atoms with Crippen LogP contribution in [0.3, 0.4) is 0 Å². The molecule has 2 heterocycles. The zero-order chi connectivity index (χ0) is 31.5. The Bertz CT molecular complexity index is 1930. The smallest absolute Gasteiger partial charge is 0.416 e. The van der Waals surface area contributed by atoms with Gasteiger partial charge in [-0.05, 0) is 46.5 Å². The lowest BCUT2D eigenvalue weighted by atomic mass is 10.0. The summed E-state index contributed by atoms with van der Waals surface area (Å²) in [5.74, 6) is -1.08. The standard InChI is InChI=1S/C27H24F3N5O6S3/c1-40-14-16-2-6-18(7-3-16)19-8-11-21-22(12-19)42-26(32-21)24(25-34-33-23(41-25)13-31-35-43(36)37)44(38,39)15-17-4-9-20(10-5-17)27(28,29)30/h2-12,24,31,43H,13-15H2,1H3,(H,35,36,37). The van der Waals surface area contributed by atoms with E-state index in [1.807, 2.05) is 41.2 Å². The van der Waals surface area contributed by atoms with Crippen molar-refractivity contribution in [2.24, 2.45) is 0 Å². The van der Waals surface area contributed by atoms with Crippen LogP contribution in [0.4, 0.5) is 13.2 Å². The Morgan fingerprint density at radius 3 is 2.32 bits per heavy atom. The number of thiazole rings is 1. The second-order valence-corrected chi connectivity index (χ2v) is 13.4. The third kappa shape index (κ3) is 7.48. The van der Waals surface area contributed by atoms with Gasteiger partial charge in [0.1, 0.15) is 5.01 Å². The van der Waals surface area contributed by atoms with Crippen molar-refractivity contribution in [1.29, 1.82) is 0 Å². The van der Waals surface area contributed by atoms with Crippen LogP contribution in [0.2, 0.25) is 0 Å². The van der Waals surface area contributed by atoms with E-state index in [0.717, 1.165) is 52.3 Å². The van der Waals surface area contributed by atoms with Gasteiger partial charge in [0.25, 0.3) is 0 Å². The predicted octanol–water partition coefficient (Wildman–Crippen LogP) is 4.34. The number of thiol groups is 1. The van der Waals surface area contributed by atoms with E-state index in [9.17, 15) is 30.0 Å². The Morgan fingerprint density at radius 2 is 1.66 bits per heavy atom. The van der Waals surface area contributed by atoms with Gasteiger partial charge in [0.2, 0.25) is 22.7 Å². The van der Waals surface area contributed by atoms with Crippen LogP contribution in [0.1, 0.15) is 38.7 Å². The molecule has 44 heavy (non-hydrogen) atoms. The summed E-state index contributed by atoms with van der Waals surface area (Å²) >= 11 is 1.10. The van der Waals surface area contributed by atoms with Crippen LogP contribution in [0.5, 0.6) is 0 Å². The van der Waals surface area contributed by atoms with E-state index < -0.39 is 43.5 Å². The van der Waals surface area contributed by atoms with Crippen molar-refractivity contribution in [2.45, 2.75) is 30.3 Å². The number of alkyl halides is 3. The van der Waals surface area contributed by atoms with Crippen LogP contribution >= 0.6 is 11.3 Å². The average molecular weight is 668 g/mol. The summed E-state index contributed by atoms with van der Waals surface area (Å²) in [6.45, 7) is 0.233. The van der Waals surface area contributed by atoms with Crippen molar-refractivity contribution < 1.29 is 39.2 Å². The molecule has 0 spiro atoms. The largest absolute Gasteiger partial charge is 0.422 e. The van der Waals surface area contributed by atoms with E-state index in [-0.39, 0.29) is 28.9 Å². The normalized spacial score (nSPS) is 13.1. The highest BCUT2D eigenvalue weighted by Crippen LogP contribution is 2.38. The van der Waals surface area contributed by atoms with Crippen molar-refractivity contribution >= 4 is 42.3 Å². The number of hydrazine groups is 1. The molecule has 11 nitrogen and oxygen atoms in total. The van der Waals surface area contributed by atoms with E-state index in [4.69, 9.17) is 9.15 Å². The van der Waals surface area contributed by atoms with Crippen LogP contribution in [-0.2, 0) is 50.5 Å². The summed E-state index contributed by atoms with van der Waals surface area (Å²) in [6.07, 6.45) is -4.58. The molecule has 0 aliphatic carbocycles. The number of halogens is 3. The molecular formula is C27H24F3N5O6S3. The lowest BCUT2D eigenvalue weighted by molar-refractivity contribution is -0.137. The molecule has 0 amide bonds. The van der Waals surface area contributed by atoms with Gasteiger partial charge in [0.05, 0.1) is 34.7 Å². The molecule has 5 aromatic rings. The minimum Gasteiger partial charge on any atom is -0.422 e. The van der Waals surface area contributed by atoms with Crippen LogP contribution in [0, 0.1) is 0 Å². The third-order valence-corrected chi connectivity index (χ3v) is 9.80. The van der Waals surface area contributed by atoms with Gasteiger partial charge in [-0.1, -0.05) is 42.5 Å². The SMILES string of the molecule is COCc1ccc(-c2ccc3nc(C(c4nnc(CNN[SH](=O)=O)o4)S(=O)(=O)Cc4ccc(C(F)(F)F)cc4)sc3c2)cc1. The van der Waals surface area contributed by atoms with Gasteiger partial charge in [0, 0.05) is 7.11 Å². The number of nitrogens with zero attached hydrogens (tertiary/aromatic N) is 3. The number of hydrogen-bond acceptors (Lipinski definition) is 11. The molecule has 232 valence electrons. The van der Waals surface area contributed by atoms with E-state index in [2.05, 4.69) is 20.6 Å². The van der Waals surface area contributed by atoms with Gasteiger partial charge >= 0.3 is 6.18 Å². The summed E-state index contributed by atoms with van der Waals surface area (Å²) in [4.78, 5) is 6.50. The molecule has 5 rings (SSSR count). The highest BCUT2D eigenvalue weighted by Gasteiger charge is 2.37. The Labute approximate surface area is 255 Å². The maximum absolute atomic E-state index is 13.8. The van der Waals surface area contributed by atoms with Crippen molar-refractivity contribution in [3.05, 3.63) is 100 Å². The summed E-state index contributed by atoms with van der Waals surface area (Å²) < 4.78 is 99.8. The molecule has 0 aliphatic rings. The first kappa shape index (κ1) is 31.7. The van der Waals surface area contributed by atoms with Gasteiger partial charge in [0.15, 0.2) is 15.1 Å². The molecule has 0 saturated carbocycles. The highest BCUT2D eigenvalue weighted by atomic mass is 32.2. The van der Waals surface area contributed by atoms with E-state index >= 15 is 0 Å². The van der Waals surface area contributed by atoms with Crippen molar-refractivity contribution in [3.8, 4) is 11.1 Å². The molecular weight excluding hydrogens is 644 g/mol. The zero-order valence-corrected chi connectivity index (χ0v) is 25.3. The number of benzene rings is 3. The van der Waals surface area contributed by atoms with Crippen LogP contribution in [0.15, 0.2) is 71.1 Å². The first-order valence-electron chi connectivity index (χ1n) is 12.7. The fourth-order valence-electron chi connectivity index (χ4n) is 4.34. The minimum absolute atomic E-state index is 0.112. The zero-order valence-electron chi connectivity index (χ0n) is 22.7. The number of rotatable bonds is 12. The van der Waals surface area contributed by atoms with E-state index in [1.165, 1.54) is 0 Å². The lowest BCUT2D eigenvalue weighted by Crippen LogP contribution is -2.29. The third-order valence-electron chi connectivity index (χ3n) is 6.35. The van der Waals surface area contributed by atoms with Crippen LogP contribution in [-0.4, -0.2) is 39.1 Å². The molecule has 3 aromatic carbocycles. The lowest BCUT2D eigenvalue weighted by Gasteiger charge is -2.13. The minimum atomic E-state index is -4.58. The number of hydrogen-bond donors (Lipinski definition) is 3. The van der Waals surface area contributed by atoms with Crippen molar-refractivity contribution in [2.75, 3.05) is 7.11 Å². The fraction of sp³-hybridized carbons (Fsp3) is 0.222. The molecule has 0 fully saturated rings. The molecule has 0 saturated heterocycles. The molecule has 2 N–H and O–H groups in total. The Morgan fingerprint density at radius 1 is 0.977 bits per heavy atom. The quantitative estimate of drug-likeness (QED) is 0.129. The number of aromatic nitrogens is 3. The number of methoxy groups -OCH3 is 1. The van der Waals surface area contributed by atoms with Crippen molar-refractivity contribution in [1.82, 2.24) is 25.4 Å². The Kier molecular flexibility index (Phi) is 9.42. The molecule has 1 unspecified atom stereocenters. The maximum Gasteiger partial charge on any atom is 0.416 e. The summed E-state index contributed by atoms with van der Waals surface area (Å²) in [5.41, 5.74) is 4.87. The Balaban J connectivity index is 1.50. The highest BCUT2D eigenvalue weighted by molar-refractivity contribution is 7.91. The molecule has 2 aromatic heterocycles. The summed E-state index contributed by atoms with van der Waals surface area (Å²) in [6, 6.07) is 17.1. The molecule has 0 aliphatic heterocycles.